The zero-order valence-electron chi connectivity index (χ0n) is 12.2. The topological polar surface area (TPSA) is 57.6 Å². The number of nitrogens with zero attached hydrogens (tertiary/aromatic N) is 1. The molecule has 1 saturated carbocycles. The zero-order chi connectivity index (χ0) is 15.0. The number of carboxylic acids is 1. The van der Waals surface area contributed by atoms with Gasteiger partial charge in [-0.15, -0.1) is 11.3 Å². The van der Waals surface area contributed by atoms with Crippen molar-refractivity contribution in [2.24, 2.45) is 11.8 Å². The molecule has 5 heteroatoms. The first-order valence-electron chi connectivity index (χ1n) is 7.71. The Morgan fingerprint density at radius 2 is 2.14 bits per heavy atom. The van der Waals surface area contributed by atoms with E-state index in [-0.39, 0.29) is 23.8 Å². The number of carbonyl (C=O) groups excluding carboxylic acids is 1. The van der Waals surface area contributed by atoms with Crippen molar-refractivity contribution in [3.05, 3.63) is 21.9 Å². The SMILES string of the molecule is CCC1c2ccsc2CCN1C(=O)[C@@H]1CC[C@H](C(=O)O)C1. The predicted molar refractivity (Wildman–Crippen MR) is 81.2 cm³/mol. The van der Waals surface area contributed by atoms with Crippen molar-refractivity contribution < 1.29 is 14.7 Å². The molecule has 0 spiro atoms. The van der Waals surface area contributed by atoms with Gasteiger partial charge in [-0.2, -0.15) is 0 Å². The lowest BCUT2D eigenvalue weighted by Crippen LogP contribution is -2.42. The summed E-state index contributed by atoms with van der Waals surface area (Å²) in [6.45, 7) is 2.89. The second-order valence-corrected chi connectivity index (χ2v) is 7.05. The normalized spacial score (nSPS) is 28.4. The van der Waals surface area contributed by atoms with Crippen molar-refractivity contribution in [2.45, 2.75) is 45.1 Å². The van der Waals surface area contributed by atoms with Crippen LogP contribution in [0.4, 0.5) is 0 Å². The van der Waals surface area contributed by atoms with Crippen LogP contribution >= 0.6 is 11.3 Å². The Hall–Kier alpha value is -1.36. The zero-order valence-corrected chi connectivity index (χ0v) is 13.1. The lowest BCUT2D eigenvalue weighted by atomic mass is 9.95. The van der Waals surface area contributed by atoms with Crippen LogP contribution in [0.5, 0.6) is 0 Å². The standard InChI is InChI=1S/C16H21NO3S/c1-2-13-12-6-8-21-14(12)5-7-17(13)15(18)10-3-4-11(9-10)16(19)20/h6,8,10-11,13H,2-5,7,9H2,1H3,(H,19,20)/t10-,11+,13?/m1/s1. The second kappa shape index (κ2) is 5.79. The number of hydrogen-bond acceptors (Lipinski definition) is 3. The third-order valence-electron chi connectivity index (χ3n) is 4.90. The van der Waals surface area contributed by atoms with E-state index in [0.717, 1.165) is 25.8 Å². The van der Waals surface area contributed by atoms with Gasteiger partial charge in [-0.25, -0.2) is 0 Å². The number of amides is 1. The molecule has 1 aromatic heterocycles. The molecule has 0 saturated heterocycles. The first kappa shape index (κ1) is 14.6. The molecule has 1 aliphatic carbocycles. The molecule has 1 fully saturated rings. The number of thiophene rings is 1. The summed E-state index contributed by atoms with van der Waals surface area (Å²) in [5.74, 6) is -1.01. The lowest BCUT2D eigenvalue weighted by Gasteiger charge is -2.37. The third kappa shape index (κ3) is 2.59. The van der Waals surface area contributed by atoms with E-state index in [2.05, 4.69) is 18.4 Å². The minimum absolute atomic E-state index is 0.0969. The highest BCUT2D eigenvalue weighted by Crippen LogP contribution is 2.39. The van der Waals surface area contributed by atoms with Crippen LogP contribution in [0.25, 0.3) is 0 Å². The van der Waals surface area contributed by atoms with Gasteiger partial charge in [0, 0.05) is 17.3 Å². The molecule has 2 aliphatic rings. The van der Waals surface area contributed by atoms with E-state index in [1.54, 1.807) is 11.3 Å². The average Bonchev–Trinajstić information content (AvgIpc) is 3.13. The average molecular weight is 307 g/mol. The van der Waals surface area contributed by atoms with Crippen LogP contribution in [-0.2, 0) is 16.0 Å². The predicted octanol–water partition coefficient (Wildman–Crippen LogP) is 3.08. The van der Waals surface area contributed by atoms with Gasteiger partial charge < -0.3 is 10.0 Å². The maximum Gasteiger partial charge on any atom is 0.306 e. The van der Waals surface area contributed by atoms with Crippen LogP contribution < -0.4 is 0 Å². The van der Waals surface area contributed by atoms with Crippen molar-refractivity contribution >= 4 is 23.2 Å². The molecule has 0 aromatic carbocycles. The fraction of sp³-hybridized carbons (Fsp3) is 0.625. The van der Waals surface area contributed by atoms with E-state index in [4.69, 9.17) is 5.11 Å². The van der Waals surface area contributed by atoms with E-state index < -0.39 is 5.97 Å². The van der Waals surface area contributed by atoms with E-state index in [0.29, 0.717) is 12.8 Å². The molecule has 0 radical (unpaired) electrons. The second-order valence-electron chi connectivity index (χ2n) is 6.05. The summed E-state index contributed by atoms with van der Waals surface area (Å²) in [5.41, 5.74) is 1.30. The summed E-state index contributed by atoms with van der Waals surface area (Å²) in [6.07, 6.45) is 3.73. The first-order valence-corrected chi connectivity index (χ1v) is 8.59. The number of hydrogen-bond donors (Lipinski definition) is 1. The molecular weight excluding hydrogens is 286 g/mol. The van der Waals surface area contributed by atoms with Crippen LogP contribution in [0.3, 0.4) is 0 Å². The van der Waals surface area contributed by atoms with E-state index in [9.17, 15) is 9.59 Å². The highest BCUT2D eigenvalue weighted by Gasteiger charge is 2.39. The van der Waals surface area contributed by atoms with Crippen LogP contribution in [0, 0.1) is 11.8 Å². The quantitative estimate of drug-likeness (QED) is 0.933. The summed E-state index contributed by atoms with van der Waals surface area (Å²) in [6, 6.07) is 2.32. The summed E-state index contributed by atoms with van der Waals surface area (Å²) < 4.78 is 0. The van der Waals surface area contributed by atoms with Gasteiger partial charge in [0.2, 0.25) is 5.91 Å². The molecule has 3 atom stereocenters. The van der Waals surface area contributed by atoms with Gasteiger partial charge in [-0.3, -0.25) is 9.59 Å². The molecule has 2 heterocycles. The smallest absolute Gasteiger partial charge is 0.306 e. The molecule has 114 valence electrons. The van der Waals surface area contributed by atoms with E-state index in [1.165, 1.54) is 10.4 Å². The van der Waals surface area contributed by atoms with Crippen molar-refractivity contribution in [3.63, 3.8) is 0 Å². The van der Waals surface area contributed by atoms with E-state index >= 15 is 0 Å². The van der Waals surface area contributed by atoms with Gasteiger partial charge in [-0.1, -0.05) is 6.92 Å². The Bertz CT molecular complexity index is 553. The maximum absolute atomic E-state index is 12.8. The molecule has 1 aromatic rings. The van der Waals surface area contributed by atoms with Crippen LogP contribution in [0.1, 0.15) is 49.1 Å². The highest BCUT2D eigenvalue weighted by molar-refractivity contribution is 7.10. The van der Waals surface area contributed by atoms with E-state index in [1.807, 2.05) is 4.90 Å². The summed E-state index contributed by atoms with van der Waals surface area (Å²) in [4.78, 5) is 27.3. The Kier molecular flexibility index (Phi) is 4.02. The lowest BCUT2D eigenvalue weighted by molar-refractivity contribution is -0.142. The monoisotopic (exact) mass is 307 g/mol. The molecule has 21 heavy (non-hydrogen) atoms. The van der Waals surface area contributed by atoms with Crippen LogP contribution in [0.2, 0.25) is 0 Å². The Balaban J connectivity index is 1.75. The van der Waals surface area contributed by atoms with Crippen LogP contribution in [0.15, 0.2) is 11.4 Å². The fourth-order valence-electron chi connectivity index (χ4n) is 3.77. The molecule has 3 rings (SSSR count). The molecule has 1 unspecified atom stereocenters. The van der Waals surface area contributed by atoms with Gasteiger partial charge in [0.1, 0.15) is 0 Å². The van der Waals surface area contributed by atoms with Crippen molar-refractivity contribution in [2.75, 3.05) is 6.54 Å². The molecule has 0 bridgehead atoms. The Morgan fingerprint density at radius 3 is 2.81 bits per heavy atom. The number of fused-ring (bicyclic) bond motifs is 1. The first-order chi connectivity index (χ1) is 10.1. The number of aliphatic carboxylic acids is 1. The van der Waals surface area contributed by atoms with Gasteiger partial charge in [0.25, 0.3) is 0 Å². The number of carbonyl (C=O) groups is 2. The van der Waals surface area contributed by atoms with Gasteiger partial charge >= 0.3 is 5.97 Å². The minimum atomic E-state index is -0.754. The van der Waals surface area contributed by atoms with Gasteiger partial charge in [-0.05, 0) is 49.1 Å². The third-order valence-corrected chi connectivity index (χ3v) is 5.89. The summed E-state index contributed by atoms with van der Waals surface area (Å²) in [5, 5.41) is 11.2. The maximum atomic E-state index is 12.8. The van der Waals surface area contributed by atoms with Crippen molar-refractivity contribution in [1.82, 2.24) is 4.90 Å². The van der Waals surface area contributed by atoms with Crippen molar-refractivity contribution in [3.8, 4) is 0 Å². The molecule has 1 aliphatic heterocycles. The summed E-state index contributed by atoms with van der Waals surface area (Å²) in [7, 11) is 0. The highest BCUT2D eigenvalue weighted by atomic mass is 32.1. The van der Waals surface area contributed by atoms with Gasteiger partial charge in [0.15, 0.2) is 0 Å². The van der Waals surface area contributed by atoms with Crippen LogP contribution in [-0.4, -0.2) is 28.4 Å². The fourth-order valence-corrected chi connectivity index (χ4v) is 4.69. The largest absolute Gasteiger partial charge is 0.481 e. The molecule has 1 amide bonds. The molecule has 1 N–H and O–H groups in total. The molecular formula is C16H21NO3S. The number of carboxylic acid groups (broad SMARTS) is 1. The van der Waals surface area contributed by atoms with Gasteiger partial charge in [0.05, 0.1) is 12.0 Å². The number of rotatable bonds is 3. The van der Waals surface area contributed by atoms with Crippen molar-refractivity contribution in [1.29, 1.82) is 0 Å². The Labute approximate surface area is 128 Å². The molecule has 4 nitrogen and oxygen atoms in total. The Morgan fingerprint density at radius 1 is 1.38 bits per heavy atom. The minimum Gasteiger partial charge on any atom is -0.481 e. The summed E-state index contributed by atoms with van der Waals surface area (Å²) >= 11 is 1.78.